The minimum absolute atomic E-state index is 0.254. The Morgan fingerprint density at radius 2 is 2.10 bits per heavy atom. The van der Waals surface area contributed by atoms with Crippen LogP contribution in [0.3, 0.4) is 0 Å². The predicted molar refractivity (Wildman–Crippen MR) is 87.3 cm³/mol. The molecule has 1 aromatic heterocycles. The van der Waals surface area contributed by atoms with Crippen molar-refractivity contribution in [3.8, 4) is 0 Å². The Balaban J connectivity index is 2.05. The maximum absolute atomic E-state index is 11.9. The van der Waals surface area contributed by atoms with Gasteiger partial charge in [0, 0.05) is 12.8 Å². The van der Waals surface area contributed by atoms with Crippen molar-refractivity contribution in [1.29, 1.82) is 0 Å². The van der Waals surface area contributed by atoms with Crippen molar-refractivity contribution in [2.75, 3.05) is 23.5 Å². The van der Waals surface area contributed by atoms with Crippen molar-refractivity contribution in [3.05, 3.63) is 18.2 Å². The molecule has 0 spiro atoms. The number of fused-ring (bicyclic) bond motifs is 1. The van der Waals surface area contributed by atoms with Gasteiger partial charge in [-0.25, -0.2) is 13.4 Å². The summed E-state index contributed by atoms with van der Waals surface area (Å²) in [5.74, 6) is 3.37. The summed E-state index contributed by atoms with van der Waals surface area (Å²) in [6, 6.07) is 5.24. The molecule has 3 rings (SSSR count). The van der Waals surface area contributed by atoms with E-state index in [-0.39, 0.29) is 4.90 Å². The summed E-state index contributed by atoms with van der Waals surface area (Å²) in [5, 5.41) is 0. The molecule has 0 aliphatic carbocycles. The molecule has 1 saturated heterocycles. The largest absolute Gasteiger partial charge is 0.369 e. The fourth-order valence-corrected chi connectivity index (χ4v) is 4.85. The second kappa shape index (κ2) is 5.53. The number of rotatable bonds is 3. The Hall–Kier alpha value is -1.21. The number of anilines is 1. The number of thioether (sulfide) groups is 1. The maximum atomic E-state index is 11.9. The second-order valence-electron chi connectivity index (χ2n) is 5.53. The van der Waals surface area contributed by atoms with Crippen molar-refractivity contribution in [2.45, 2.75) is 24.3 Å². The second-order valence-corrected chi connectivity index (χ2v) is 8.74. The van der Waals surface area contributed by atoms with Crippen LogP contribution in [0.25, 0.3) is 11.0 Å². The van der Waals surface area contributed by atoms with E-state index in [1.807, 2.05) is 22.4 Å². The van der Waals surface area contributed by atoms with Gasteiger partial charge in [-0.05, 0) is 42.4 Å². The maximum Gasteiger partial charge on any atom is 0.201 e. The monoisotopic (exact) mass is 325 g/mol. The molecule has 1 aliphatic heterocycles. The van der Waals surface area contributed by atoms with Gasteiger partial charge in [0.2, 0.25) is 5.95 Å². The van der Waals surface area contributed by atoms with Crippen LogP contribution in [-0.4, -0.2) is 35.7 Å². The molecule has 0 atom stereocenters. The Kier molecular flexibility index (Phi) is 3.88. The Bertz CT molecular complexity index is 762. The normalized spacial score (nSPS) is 17.4. The zero-order valence-electron chi connectivity index (χ0n) is 11.9. The molecule has 0 radical (unpaired) electrons. The molecule has 5 nitrogen and oxygen atoms in total. The van der Waals surface area contributed by atoms with Gasteiger partial charge in [-0.15, -0.1) is 0 Å². The summed E-state index contributed by atoms with van der Waals surface area (Å²) in [6.45, 7) is 0.816. The summed E-state index contributed by atoms with van der Waals surface area (Å²) in [7, 11) is -3.30. The lowest BCUT2D eigenvalue weighted by molar-refractivity contribution is 0.425. The molecule has 7 heteroatoms. The molecule has 1 aliphatic rings. The molecule has 2 N–H and O–H groups in total. The van der Waals surface area contributed by atoms with Crippen molar-refractivity contribution in [3.63, 3.8) is 0 Å². The molecule has 1 aromatic carbocycles. The SMILES string of the molecule is CS(=O)(=O)c1cccc2c1nc(N)n2CC1CCSCC1. The van der Waals surface area contributed by atoms with Gasteiger partial charge < -0.3 is 10.3 Å². The number of nitrogens with two attached hydrogens (primary N) is 1. The van der Waals surface area contributed by atoms with Crippen LogP contribution in [0.5, 0.6) is 0 Å². The van der Waals surface area contributed by atoms with E-state index in [2.05, 4.69) is 4.98 Å². The molecular weight excluding hydrogens is 306 g/mol. The Morgan fingerprint density at radius 1 is 1.38 bits per heavy atom. The molecule has 21 heavy (non-hydrogen) atoms. The van der Waals surface area contributed by atoms with Crippen LogP contribution in [0.4, 0.5) is 5.95 Å². The van der Waals surface area contributed by atoms with Crippen molar-refractivity contribution < 1.29 is 8.42 Å². The van der Waals surface area contributed by atoms with Crippen LogP contribution >= 0.6 is 11.8 Å². The van der Waals surface area contributed by atoms with Crippen molar-refractivity contribution >= 4 is 38.6 Å². The summed E-state index contributed by atoms with van der Waals surface area (Å²) in [6.07, 6.45) is 3.56. The van der Waals surface area contributed by atoms with E-state index in [4.69, 9.17) is 5.73 Å². The fraction of sp³-hybridized carbons (Fsp3) is 0.500. The lowest BCUT2D eigenvalue weighted by Crippen LogP contribution is -2.17. The van der Waals surface area contributed by atoms with Crippen molar-refractivity contribution in [2.24, 2.45) is 5.92 Å². The average molecular weight is 325 g/mol. The van der Waals surface area contributed by atoms with Crippen LogP contribution in [0.15, 0.2) is 23.1 Å². The number of benzene rings is 1. The smallest absolute Gasteiger partial charge is 0.201 e. The Morgan fingerprint density at radius 3 is 2.76 bits per heavy atom. The minimum Gasteiger partial charge on any atom is -0.369 e. The van der Waals surface area contributed by atoms with Crippen LogP contribution in [0.1, 0.15) is 12.8 Å². The first kappa shape index (κ1) is 14.7. The van der Waals surface area contributed by atoms with E-state index in [0.29, 0.717) is 17.4 Å². The van der Waals surface area contributed by atoms with Gasteiger partial charge in [0.05, 0.1) is 10.4 Å². The van der Waals surface area contributed by atoms with Crippen LogP contribution in [0.2, 0.25) is 0 Å². The van der Waals surface area contributed by atoms with Crippen molar-refractivity contribution in [1.82, 2.24) is 9.55 Å². The van der Waals surface area contributed by atoms with Gasteiger partial charge in [0.25, 0.3) is 0 Å². The van der Waals surface area contributed by atoms with Crippen LogP contribution in [0, 0.1) is 5.92 Å². The lowest BCUT2D eigenvalue weighted by atomic mass is 10.0. The first-order valence-electron chi connectivity index (χ1n) is 6.99. The highest BCUT2D eigenvalue weighted by Crippen LogP contribution is 2.29. The molecule has 1 fully saturated rings. The summed E-state index contributed by atoms with van der Waals surface area (Å²) in [4.78, 5) is 4.56. The predicted octanol–water partition coefficient (Wildman–Crippen LogP) is 2.17. The van der Waals surface area contributed by atoms with E-state index >= 15 is 0 Å². The highest BCUT2D eigenvalue weighted by atomic mass is 32.2. The van der Waals surface area contributed by atoms with E-state index in [9.17, 15) is 8.42 Å². The van der Waals surface area contributed by atoms with Gasteiger partial charge in [-0.2, -0.15) is 11.8 Å². The summed E-state index contributed by atoms with van der Waals surface area (Å²) >= 11 is 1.99. The highest BCUT2D eigenvalue weighted by Gasteiger charge is 2.20. The van der Waals surface area contributed by atoms with Gasteiger partial charge in [0.15, 0.2) is 9.84 Å². The third-order valence-electron chi connectivity index (χ3n) is 3.95. The van der Waals surface area contributed by atoms with Gasteiger partial charge in [-0.3, -0.25) is 0 Å². The zero-order valence-corrected chi connectivity index (χ0v) is 13.6. The van der Waals surface area contributed by atoms with Crippen LogP contribution < -0.4 is 5.73 Å². The number of hydrogen-bond acceptors (Lipinski definition) is 5. The molecular formula is C14H19N3O2S2. The van der Waals surface area contributed by atoms with Crippen LogP contribution in [-0.2, 0) is 16.4 Å². The summed E-state index contributed by atoms with van der Waals surface area (Å²) < 4.78 is 25.7. The minimum atomic E-state index is -3.30. The number of hydrogen-bond donors (Lipinski definition) is 1. The van der Waals surface area contributed by atoms with Gasteiger partial charge in [-0.1, -0.05) is 6.07 Å². The topological polar surface area (TPSA) is 78.0 Å². The quantitative estimate of drug-likeness (QED) is 0.935. The standard InChI is InChI=1S/C14H19N3O2S2/c1-21(18,19)12-4-2-3-11-13(12)16-14(15)17(11)9-10-5-7-20-8-6-10/h2-4,10H,5-9H2,1H3,(H2,15,16). The number of aromatic nitrogens is 2. The highest BCUT2D eigenvalue weighted by molar-refractivity contribution is 7.99. The molecule has 0 saturated carbocycles. The number of sulfone groups is 1. The molecule has 2 aromatic rings. The number of nitrogen functional groups attached to an aromatic ring is 1. The first-order chi connectivity index (χ1) is 9.97. The molecule has 114 valence electrons. The number of nitrogens with zero attached hydrogens (tertiary/aromatic N) is 2. The average Bonchev–Trinajstić information content (AvgIpc) is 2.75. The summed E-state index contributed by atoms with van der Waals surface area (Å²) in [5.41, 5.74) is 7.34. The zero-order chi connectivity index (χ0) is 15.0. The molecule has 0 bridgehead atoms. The third-order valence-corrected chi connectivity index (χ3v) is 6.13. The van der Waals surface area contributed by atoms with E-state index in [0.717, 1.165) is 12.1 Å². The lowest BCUT2D eigenvalue weighted by Gasteiger charge is -2.22. The third kappa shape index (κ3) is 2.89. The first-order valence-corrected chi connectivity index (χ1v) is 10.0. The van der Waals surface area contributed by atoms with Gasteiger partial charge >= 0.3 is 0 Å². The fourth-order valence-electron chi connectivity index (χ4n) is 2.82. The molecule has 0 unspecified atom stereocenters. The molecule has 2 heterocycles. The van der Waals surface area contributed by atoms with E-state index in [1.54, 1.807) is 12.1 Å². The number of para-hydroxylation sites is 1. The van der Waals surface area contributed by atoms with E-state index < -0.39 is 9.84 Å². The van der Waals surface area contributed by atoms with Gasteiger partial charge in [0.1, 0.15) is 5.52 Å². The Labute approximate surface area is 128 Å². The number of imidazole rings is 1. The molecule has 0 amide bonds. The van der Waals surface area contributed by atoms with E-state index in [1.165, 1.54) is 30.6 Å².